The van der Waals surface area contributed by atoms with Gasteiger partial charge in [-0.05, 0) is 70.9 Å². The van der Waals surface area contributed by atoms with Crippen molar-refractivity contribution >= 4 is 88.1 Å². The molecule has 9 aromatic carbocycles. The second kappa shape index (κ2) is 13.1. The highest BCUT2D eigenvalue weighted by atomic mass is 16.3. The molecule has 6 nitrogen and oxygen atoms in total. The van der Waals surface area contributed by atoms with Gasteiger partial charge in [0.1, 0.15) is 34.3 Å². The summed E-state index contributed by atoms with van der Waals surface area (Å²) in [6.45, 7) is 0. The number of para-hydroxylation sites is 5. The van der Waals surface area contributed by atoms with E-state index in [1.807, 2.05) is 48.5 Å². The van der Waals surface area contributed by atoms with Crippen LogP contribution in [-0.2, 0) is 0 Å². The quantitative estimate of drug-likeness (QED) is 0.189. The van der Waals surface area contributed by atoms with Crippen molar-refractivity contribution in [2.45, 2.75) is 6.17 Å². The van der Waals surface area contributed by atoms with Gasteiger partial charge in [-0.15, -0.1) is 0 Å². The number of hydrogen-bond donors (Lipinski definition) is 1. The maximum Gasteiger partial charge on any atom is 0.159 e. The molecule has 4 heterocycles. The van der Waals surface area contributed by atoms with Gasteiger partial charge in [0.15, 0.2) is 5.84 Å². The fourth-order valence-corrected chi connectivity index (χ4v) is 9.41. The number of fused-ring (bicyclic) bond motifs is 10. The molecule has 0 saturated heterocycles. The van der Waals surface area contributed by atoms with Crippen LogP contribution in [0.15, 0.2) is 213 Å². The zero-order valence-electron chi connectivity index (χ0n) is 32.7. The van der Waals surface area contributed by atoms with Crippen LogP contribution >= 0.6 is 0 Å². The number of nitrogens with one attached hydrogen (secondary N) is 1. The van der Waals surface area contributed by atoms with Crippen LogP contribution < -0.4 is 5.32 Å². The number of hydrogen-bond acceptors (Lipinski definition) is 5. The van der Waals surface area contributed by atoms with Gasteiger partial charge in [0.05, 0.1) is 22.3 Å². The van der Waals surface area contributed by atoms with Crippen molar-refractivity contribution in [2.24, 2.45) is 9.98 Å². The van der Waals surface area contributed by atoms with Crippen LogP contribution in [-0.4, -0.2) is 16.2 Å². The monoisotopic (exact) mass is 782 g/mol. The van der Waals surface area contributed by atoms with Gasteiger partial charge in [0, 0.05) is 49.0 Å². The van der Waals surface area contributed by atoms with Crippen molar-refractivity contribution in [3.05, 3.63) is 211 Å². The highest BCUT2D eigenvalue weighted by molar-refractivity contribution is 6.20. The number of benzene rings is 9. The lowest BCUT2D eigenvalue weighted by Gasteiger charge is -2.24. The Bertz CT molecular complexity index is 3810. The lowest BCUT2D eigenvalue weighted by molar-refractivity contribution is 0.659. The van der Waals surface area contributed by atoms with Crippen LogP contribution in [0.25, 0.3) is 93.3 Å². The summed E-state index contributed by atoms with van der Waals surface area (Å²) >= 11 is 0. The van der Waals surface area contributed by atoms with E-state index in [4.69, 9.17) is 18.8 Å². The Morgan fingerprint density at radius 1 is 0.443 bits per heavy atom. The zero-order chi connectivity index (χ0) is 40.0. The van der Waals surface area contributed by atoms with Crippen LogP contribution in [0.3, 0.4) is 0 Å². The van der Waals surface area contributed by atoms with E-state index in [1.165, 1.54) is 21.5 Å². The predicted octanol–water partition coefficient (Wildman–Crippen LogP) is 13.9. The first-order valence-corrected chi connectivity index (χ1v) is 20.6. The van der Waals surface area contributed by atoms with E-state index in [1.54, 1.807) is 0 Å². The van der Waals surface area contributed by atoms with Gasteiger partial charge in [-0.1, -0.05) is 140 Å². The molecule has 286 valence electrons. The van der Waals surface area contributed by atoms with Gasteiger partial charge >= 0.3 is 0 Å². The number of nitrogens with zero attached hydrogens (tertiary/aromatic N) is 3. The first-order chi connectivity index (χ1) is 30.2. The molecule has 0 radical (unpaired) electrons. The maximum atomic E-state index is 6.76. The fourth-order valence-electron chi connectivity index (χ4n) is 9.41. The molecule has 12 aromatic rings. The predicted molar refractivity (Wildman–Crippen MR) is 250 cm³/mol. The average molecular weight is 783 g/mol. The highest BCUT2D eigenvalue weighted by Crippen LogP contribution is 2.42. The van der Waals surface area contributed by atoms with Crippen LogP contribution in [0, 0.1) is 0 Å². The van der Waals surface area contributed by atoms with Crippen molar-refractivity contribution in [1.29, 1.82) is 0 Å². The molecule has 0 saturated carbocycles. The minimum atomic E-state index is -0.393. The summed E-state index contributed by atoms with van der Waals surface area (Å²) < 4.78 is 15.7. The standard InChI is InChI=1S/C55H34N4O2/c1-2-14-33(15-3-1)53-56-54(58-55(57-53)43-24-13-22-41-39-20-8-11-27-50(39)61-52(41)43)36-28-29-47(45(31-36)42-23-12-21-40-38-19-7-10-26-49(38)60-51(40)42)59-46-25-9-6-18-37(46)44-30-34-16-4-5-17-35(34)32-48(44)59/h1-32,53H,(H,56,57,58). The number of aromatic nitrogens is 1. The molecule has 1 aliphatic heterocycles. The lowest BCUT2D eigenvalue weighted by Crippen LogP contribution is -2.33. The lowest BCUT2D eigenvalue weighted by atomic mass is 9.97. The summed E-state index contributed by atoms with van der Waals surface area (Å²) in [5.74, 6) is 1.32. The normalized spacial score (nSPS) is 14.4. The Morgan fingerprint density at radius 3 is 1.80 bits per heavy atom. The second-order valence-corrected chi connectivity index (χ2v) is 15.7. The van der Waals surface area contributed by atoms with E-state index in [-0.39, 0.29) is 0 Å². The summed E-state index contributed by atoms with van der Waals surface area (Å²) in [5.41, 5.74) is 11.4. The molecule has 0 amide bonds. The third-order valence-electron chi connectivity index (χ3n) is 12.2. The molecule has 1 aliphatic rings. The largest absolute Gasteiger partial charge is 0.455 e. The minimum Gasteiger partial charge on any atom is -0.455 e. The van der Waals surface area contributed by atoms with Crippen molar-refractivity contribution in [2.75, 3.05) is 0 Å². The third kappa shape index (κ3) is 5.22. The van der Waals surface area contributed by atoms with Crippen molar-refractivity contribution < 1.29 is 8.83 Å². The molecule has 61 heavy (non-hydrogen) atoms. The zero-order valence-corrected chi connectivity index (χ0v) is 32.7. The fraction of sp³-hybridized carbons (Fsp3) is 0.0182. The Balaban J connectivity index is 1.08. The number of furan rings is 2. The first-order valence-electron chi connectivity index (χ1n) is 20.6. The molecule has 0 bridgehead atoms. The van der Waals surface area contributed by atoms with Gasteiger partial charge in [-0.3, -0.25) is 0 Å². The van der Waals surface area contributed by atoms with Gasteiger partial charge in [-0.2, -0.15) is 0 Å². The molecular weight excluding hydrogens is 749 g/mol. The molecule has 3 aromatic heterocycles. The molecule has 1 N–H and O–H groups in total. The Morgan fingerprint density at radius 2 is 1.05 bits per heavy atom. The molecule has 1 unspecified atom stereocenters. The smallest absolute Gasteiger partial charge is 0.159 e. The summed E-state index contributed by atoms with van der Waals surface area (Å²) in [6, 6.07) is 68.0. The van der Waals surface area contributed by atoms with Crippen molar-refractivity contribution in [1.82, 2.24) is 9.88 Å². The molecule has 0 fully saturated rings. The van der Waals surface area contributed by atoms with E-state index in [0.29, 0.717) is 11.7 Å². The van der Waals surface area contributed by atoms with E-state index in [2.05, 4.69) is 155 Å². The van der Waals surface area contributed by atoms with E-state index >= 15 is 0 Å². The number of aliphatic imine (C=N–C) groups is 2. The van der Waals surface area contributed by atoms with Crippen molar-refractivity contribution in [3.8, 4) is 16.8 Å². The van der Waals surface area contributed by atoms with Crippen LogP contribution in [0.5, 0.6) is 0 Å². The minimum absolute atomic E-state index is 0.393. The highest BCUT2D eigenvalue weighted by Gasteiger charge is 2.26. The average Bonchev–Trinajstić information content (AvgIpc) is 4.00. The number of amidine groups is 2. The van der Waals surface area contributed by atoms with Crippen LogP contribution in [0.2, 0.25) is 0 Å². The molecule has 6 heteroatoms. The van der Waals surface area contributed by atoms with E-state index in [0.717, 1.165) is 88.4 Å². The summed E-state index contributed by atoms with van der Waals surface area (Å²) in [6.07, 6.45) is -0.393. The van der Waals surface area contributed by atoms with E-state index in [9.17, 15) is 0 Å². The summed E-state index contributed by atoms with van der Waals surface area (Å²) in [4.78, 5) is 10.7. The Kier molecular flexibility index (Phi) is 7.27. The topological polar surface area (TPSA) is 68.0 Å². The van der Waals surface area contributed by atoms with Gasteiger partial charge < -0.3 is 18.7 Å². The van der Waals surface area contributed by atoms with Gasteiger partial charge in [-0.25, -0.2) is 9.98 Å². The molecule has 0 spiro atoms. The molecular formula is C55H34N4O2. The Labute approximate surface area is 349 Å². The van der Waals surface area contributed by atoms with Crippen LogP contribution in [0.4, 0.5) is 0 Å². The van der Waals surface area contributed by atoms with Gasteiger partial charge in [0.25, 0.3) is 0 Å². The van der Waals surface area contributed by atoms with Crippen molar-refractivity contribution in [3.63, 3.8) is 0 Å². The van der Waals surface area contributed by atoms with Gasteiger partial charge in [0.2, 0.25) is 0 Å². The van der Waals surface area contributed by atoms with Crippen LogP contribution in [0.1, 0.15) is 22.9 Å². The molecule has 13 rings (SSSR count). The summed E-state index contributed by atoms with van der Waals surface area (Å²) in [7, 11) is 0. The maximum absolute atomic E-state index is 6.76. The molecule has 0 aliphatic carbocycles. The second-order valence-electron chi connectivity index (χ2n) is 15.7. The summed E-state index contributed by atoms with van der Waals surface area (Å²) in [5, 5.41) is 12.8. The third-order valence-corrected chi connectivity index (χ3v) is 12.2. The SMILES string of the molecule is c1ccc(C2N=C(c3ccc(-n4c5ccccc5c5cc6ccccc6cc54)c(-c4cccc5c4oc4ccccc45)c3)N=C(c3cccc4c3oc3ccccc34)N2)cc1. The first kappa shape index (κ1) is 33.7. The Hall–Kier alpha value is -8.22. The number of rotatable bonds is 5. The molecule has 1 atom stereocenters. The van der Waals surface area contributed by atoms with E-state index < -0.39 is 6.17 Å².